The van der Waals surface area contributed by atoms with E-state index in [0.717, 1.165) is 21.3 Å². The minimum Gasteiger partial charge on any atom is -0.496 e. The topological polar surface area (TPSA) is 58.6 Å². The Morgan fingerprint density at radius 2 is 1.84 bits per heavy atom. The van der Waals surface area contributed by atoms with Crippen molar-refractivity contribution >= 4 is 27.7 Å². The van der Waals surface area contributed by atoms with Gasteiger partial charge in [0.25, 0.3) is 5.91 Å². The Morgan fingerprint density at radius 3 is 2.44 bits per heavy atom. The Balaban J connectivity index is 2.07. The molecule has 0 atom stereocenters. The van der Waals surface area contributed by atoms with Crippen molar-refractivity contribution in [3.05, 3.63) is 63.6 Å². The molecule has 0 aliphatic rings. The van der Waals surface area contributed by atoms with Crippen LogP contribution in [0.15, 0.2) is 46.9 Å². The van der Waals surface area contributed by atoms with Crippen LogP contribution in [-0.2, 0) is 17.9 Å². The van der Waals surface area contributed by atoms with Crippen molar-refractivity contribution in [1.82, 2.24) is 10.2 Å². The van der Waals surface area contributed by atoms with Gasteiger partial charge in [0.15, 0.2) is 0 Å². The zero-order chi connectivity index (χ0) is 18.4. The molecule has 0 bridgehead atoms. The van der Waals surface area contributed by atoms with E-state index in [1.807, 2.05) is 30.3 Å². The Morgan fingerprint density at radius 1 is 1.16 bits per heavy atom. The summed E-state index contributed by atoms with van der Waals surface area (Å²) in [5.74, 6) is 0.587. The van der Waals surface area contributed by atoms with Crippen molar-refractivity contribution in [3.8, 4) is 5.75 Å². The third-order valence-corrected chi connectivity index (χ3v) is 4.23. The third kappa shape index (κ3) is 5.32. The molecule has 2 aromatic carbocycles. The van der Waals surface area contributed by atoms with Gasteiger partial charge in [0.05, 0.1) is 7.11 Å². The molecule has 0 aliphatic carbocycles. The van der Waals surface area contributed by atoms with Gasteiger partial charge in [-0.2, -0.15) is 0 Å². The van der Waals surface area contributed by atoms with Crippen molar-refractivity contribution < 1.29 is 14.3 Å². The Kier molecular flexibility index (Phi) is 6.58. The Bertz CT molecular complexity index is 760. The van der Waals surface area contributed by atoms with Gasteiger partial charge in [0.1, 0.15) is 5.75 Å². The van der Waals surface area contributed by atoms with E-state index in [0.29, 0.717) is 18.7 Å². The fourth-order valence-electron chi connectivity index (χ4n) is 2.41. The number of benzene rings is 2. The number of rotatable bonds is 6. The summed E-state index contributed by atoms with van der Waals surface area (Å²) in [6.45, 7) is 2.37. The molecule has 25 heavy (non-hydrogen) atoms. The molecule has 1 N–H and O–H groups in total. The molecule has 0 aliphatic heterocycles. The maximum absolute atomic E-state index is 12.6. The molecule has 0 saturated heterocycles. The summed E-state index contributed by atoms with van der Waals surface area (Å²) in [4.78, 5) is 25.2. The molecule has 5 nitrogen and oxygen atoms in total. The van der Waals surface area contributed by atoms with Crippen LogP contribution in [0.5, 0.6) is 5.75 Å². The molecule has 0 saturated carbocycles. The van der Waals surface area contributed by atoms with Gasteiger partial charge in [0, 0.05) is 42.7 Å². The van der Waals surface area contributed by atoms with Crippen molar-refractivity contribution in [2.75, 3.05) is 14.2 Å². The molecular formula is C19H21BrN2O3. The van der Waals surface area contributed by atoms with Crippen molar-refractivity contribution in [2.45, 2.75) is 20.0 Å². The van der Waals surface area contributed by atoms with Gasteiger partial charge in [-0.25, -0.2) is 0 Å². The minimum atomic E-state index is -0.0807. The summed E-state index contributed by atoms with van der Waals surface area (Å²) in [7, 11) is 3.37. The summed E-state index contributed by atoms with van der Waals surface area (Å²) in [5.41, 5.74) is 2.47. The fraction of sp³-hybridized carbons (Fsp3) is 0.263. The first kappa shape index (κ1) is 19.0. The molecule has 132 valence electrons. The fourth-order valence-corrected chi connectivity index (χ4v) is 2.82. The maximum Gasteiger partial charge on any atom is 0.253 e. The standard InChI is InChI=1S/C19H21BrN2O3/c1-13(23)21-11-14-4-6-15(7-5-14)19(24)22(2)12-16-10-17(20)8-9-18(16)25-3/h4-10H,11-12H2,1-3H3,(H,21,23). The van der Waals surface area contributed by atoms with Gasteiger partial charge in [-0.3, -0.25) is 9.59 Å². The summed E-state index contributed by atoms with van der Waals surface area (Å²) < 4.78 is 6.29. The zero-order valence-corrected chi connectivity index (χ0v) is 16.1. The molecule has 2 amide bonds. The average molecular weight is 405 g/mol. The van der Waals surface area contributed by atoms with Gasteiger partial charge in [-0.1, -0.05) is 28.1 Å². The number of hydrogen-bond donors (Lipinski definition) is 1. The Hall–Kier alpha value is -2.34. The lowest BCUT2D eigenvalue weighted by Gasteiger charge is -2.19. The number of carbonyl (C=O) groups is 2. The van der Waals surface area contributed by atoms with Gasteiger partial charge in [0.2, 0.25) is 5.91 Å². The molecule has 0 fully saturated rings. The zero-order valence-electron chi connectivity index (χ0n) is 14.5. The molecule has 0 radical (unpaired) electrons. The van der Waals surface area contributed by atoms with E-state index < -0.39 is 0 Å². The van der Waals surface area contributed by atoms with E-state index in [-0.39, 0.29) is 11.8 Å². The van der Waals surface area contributed by atoms with Crippen LogP contribution in [0.25, 0.3) is 0 Å². The number of carbonyl (C=O) groups excluding carboxylic acids is 2. The van der Waals surface area contributed by atoms with Crippen LogP contribution in [0.4, 0.5) is 0 Å². The third-order valence-electron chi connectivity index (χ3n) is 3.74. The van der Waals surface area contributed by atoms with Crippen LogP contribution >= 0.6 is 15.9 Å². The normalized spacial score (nSPS) is 10.2. The van der Waals surface area contributed by atoms with E-state index in [9.17, 15) is 9.59 Å². The lowest BCUT2D eigenvalue weighted by atomic mass is 10.1. The highest BCUT2D eigenvalue weighted by molar-refractivity contribution is 9.10. The quantitative estimate of drug-likeness (QED) is 0.802. The first-order valence-corrected chi connectivity index (χ1v) is 8.61. The second-order valence-corrected chi connectivity index (χ2v) is 6.64. The van der Waals surface area contributed by atoms with Crippen LogP contribution in [0.2, 0.25) is 0 Å². The molecule has 0 spiro atoms. The maximum atomic E-state index is 12.6. The highest BCUT2D eigenvalue weighted by atomic mass is 79.9. The van der Waals surface area contributed by atoms with Gasteiger partial charge in [-0.15, -0.1) is 0 Å². The number of nitrogens with zero attached hydrogens (tertiary/aromatic N) is 1. The number of halogens is 1. The van der Waals surface area contributed by atoms with Crippen LogP contribution < -0.4 is 10.1 Å². The monoisotopic (exact) mass is 404 g/mol. The van der Waals surface area contributed by atoms with E-state index in [4.69, 9.17) is 4.74 Å². The first-order valence-electron chi connectivity index (χ1n) is 7.82. The van der Waals surface area contributed by atoms with Crippen molar-refractivity contribution in [1.29, 1.82) is 0 Å². The molecule has 0 unspecified atom stereocenters. The smallest absolute Gasteiger partial charge is 0.253 e. The lowest BCUT2D eigenvalue weighted by Crippen LogP contribution is -2.26. The molecule has 0 aromatic heterocycles. The van der Waals surface area contributed by atoms with Gasteiger partial charge < -0.3 is 15.0 Å². The van der Waals surface area contributed by atoms with Gasteiger partial charge >= 0.3 is 0 Å². The highest BCUT2D eigenvalue weighted by Crippen LogP contribution is 2.24. The molecule has 2 aromatic rings. The van der Waals surface area contributed by atoms with Crippen LogP contribution in [0.3, 0.4) is 0 Å². The molecule has 0 heterocycles. The summed E-state index contributed by atoms with van der Waals surface area (Å²) in [5, 5.41) is 2.73. The number of ether oxygens (including phenoxy) is 1. The van der Waals surface area contributed by atoms with Crippen molar-refractivity contribution in [3.63, 3.8) is 0 Å². The van der Waals surface area contributed by atoms with E-state index in [2.05, 4.69) is 21.2 Å². The van der Waals surface area contributed by atoms with Crippen LogP contribution in [0, 0.1) is 0 Å². The molecular weight excluding hydrogens is 384 g/mol. The molecule has 2 rings (SSSR count). The molecule has 6 heteroatoms. The van der Waals surface area contributed by atoms with Crippen molar-refractivity contribution in [2.24, 2.45) is 0 Å². The summed E-state index contributed by atoms with van der Waals surface area (Å²) in [6.07, 6.45) is 0. The highest BCUT2D eigenvalue weighted by Gasteiger charge is 2.14. The summed E-state index contributed by atoms with van der Waals surface area (Å²) >= 11 is 3.44. The second-order valence-electron chi connectivity index (χ2n) is 5.72. The lowest BCUT2D eigenvalue weighted by molar-refractivity contribution is -0.119. The van der Waals surface area contributed by atoms with E-state index >= 15 is 0 Å². The van der Waals surface area contributed by atoms with E-state index in [1.165, 1.54) is 6.92 Å². The SMILES string of the molecule is COc1ccc(Br)cc1CN(C)C(=O)c1ccc(CNC(C)=O)cc1. The minimum absolute atomic E-state index is 0.0758. The predicted octanol–water partition coefficient (Wildman–Crippen LogP) is 3.37. The summed E-state index contributed by atoms with van der Waals surface area (Å²) in [6, 6.07) is 12.9. The van der Waals surface area contributed by atoms with Gasteiger partial charge in [-0.05, 0) is 35.9 Å². The van der Waals surface area contributed by atoms with E-state index in [1.54, 1.807) is 31.2 Å². The van der Waals surface area contributed by atoms with Crippen LogP contribution in [-0.4, -0.2) is 30.9 Å². The second kappa shape index (κ2) is 8.67. The predicted molar refractivity (Wildman–Crippen MR) is 100 cm³/mol. The Labute approximate surface area is 156 Å². The largest absolute Gasteiger partial charge is 0.496 e. The first-order chi connectivity index (χ1) is 11.9. The van der Waals surface area contributed by atoms with Crippen LogP contribution in [0.1, 0.15) is 28.4 Å². The number of amides is 2. The number of methoxy groups -OCH3 is 1. The number of nitrogens with one attached hydrogen (secondary N) is 1. The average Bonchev–Trinajstić information content (AvgIpc) is 2.60. The number of hydrogen-bond acceptors (Lipinski definition) is 3.